The summed E-state index contributed by atoms with van der Waals surface area (Å²) in [5.74, 6) is -2.83. The summed E-state index contributed by atoms with van der Waals surface area (Å²) >= 11 is 0. The Morgan fingerprint density at radius 3 is 2.25 bits per heavy atom. The maximum Gasteiger partial charge on any atom is 0.414 e. The molecule has 0 saturated heterocycles. The molecule has 2 aromatic rings. The molecule has 0 aliphatic heterocycles. The first kappa shape index (κ1) is 23.1. The second-order valence-electron chi connectivity index (χ2n) is 6.02. The summed E-state index contributed by atoms with van der Waals surface area (Å²) in [6.45, 7) is 3.82. The van der Waals surface area contributed by atoms with Gasteiger partial charge in [-0.15, -0.1) is 0 Å². The predicted molar refractivity (Wildman–Crippen MR) is 106 cm³/mol. The fourth-order valence-corrected chi connectivity index (χ4v) is 2.25. The molecule has 0 radical (unpaired) electrons. The number of aryl methyl sites for hydroxylation is 1. The number of nitrogens with one attached hydrogen (secondary N) is 1. The lowest BCUT2D eigenvalue weighted by Crippen LogP contribution is -2.32. The highest BCUT2D eigenvalue weighted by atomic mass is 16.5. The average Bonchev–Trinajstić information content (AvgIpc) is 2.71. The Morgan fingerprint density at radius 2 is 1.64 bits per heavy atom. The molecule has 7 nitrogen and oxygen atoms in total. The van der Waals surface area contributed by atoms with Gasteiger partial charge in [-0.3, -0.25) is 0 Å². The molecule has 0 aromatic heterocycles. The Hall–Kier alpha value is -2.90. The van der Waals surface area contributed by atoms with E-state index < -0.39 is 18.0 Å². The molecule has 0 heterocycles. The molecule has 0 bridgehead atoms. The third kappa shape index (κ3) is 10.3. The van der Waals surface area contributed by atoms with Crippen LogP contribution in [0.25, 0.3) is 0 Å². The smallest absolute Gasteiger partial charge is 0.414 e. The fourth-order valence-electron chi connectivity index (χ4n) is 2.25. The van der Waals surface area contributed by atoms with Gasteiger partial charge < -0.3 is 25.4 Å². The molecule has 4 N–H and O–H groups in total. The van der Waals surface area contributed by atoms with Crippen molar-refractivity contribution in [3.8, 4) is 5.75 Å². The van der Waals surface area contributed by atoms with Gasteiger partial charge in [-0.05, 0) is 42.6 Å². The zero-order valence-electron chi connectivity index (χ0n) is 15.9. The Kier molecular flexibility index (Phi) is 11.0. The van der Waals surface area contributed by atoms with Gasteiger partial charge in [0, 0.05) is 6.54 Å². The summed E-state index contributed by atoms with van der Waals surface area (Å²) < 4.78 is 5.64. The van der Waals surface area contributed by atoms with Crippen LogP contribution in [-0.2, 0) is 22.4 Å². The minimum absolute atomic E-state index is 0.311. The summed E-state index contributed by atoms with van der Waals surface area (Å²) in [5, 5.41) is 28.0. The molecule has 0 amide bonds. The molecule has 2 aromatic carbocycles. The number of hydrogen-bond acceptors (Lipinski definition) is 5. The minimum atomic E-state index is -1.82. The quantitative estimate of drug-likeness (QED) is 0.383. The van der Waals surface area contributed by atoms with Crippen LogP contribution >= 0.6 is 0 Å². The third-order valence-corrected chi connectivity index (χ3v) is 3.75. The Morgan fingerprint density at radius 1 is 1.00 bits per heavy atom. The van der Waals surface area contributed by atoms with Gasteiger partial charge in [-0.25, -0.2) is 9.59 Å². The van der Waals surface area contributed by atoms with Crippen LogP contribution in [0.1, 0.15) is 18.1 Å². The SMILES string of the molecule is CCc1cccc(OCC(O)CNCCc2ccccc2)c1.O=C(O)C(=O)O. The van der Waals surface area contributed by atoms with Crippen molar-refractivity contribution in [1.82, 2.24) is 5.32 Å². The summed E-state index contributed by atoms with van der Waals surface area (Å²) in [4.78, 5) is 18.2. The van der Waals surface area contributed by atoms with Crippen LogP contribution in [0.3, 0.4) is 0 Å². The van der Waals surface area contributed by atoms with Crippen LogP contribution in [0.2, 0.25) is 0 Å². The summed E-state index contributed by atoms with van der Waals surface area (Å²) in [7, 11) is 0. The normalized spacial score (nSPS) is 11.1. The summed E-state index contributed by atoms with van der Waals surface area (Å²) in [6.07, 6.45) is 1.45. The number of ether oxygens (including phenoxy) is 1. The minimum Gasteiger partial charge on any atom is -0.491 e. The number of aliphatic carboxylic acids is 2. The highest BCUT2D eigenvalue weighted by Gasteiger charge is 2.05. The second kappa shape index (κ2) is 13.3. The lowest BCUT2D eigenvalue weighted by atomic mass is 10.1. The van der Waals surface area contributed by atoms with Gasteiger partial charge in [0.25, 0.3) is 0 Å². The van der Waals surface area contributed by atoms with Crippen molar-refractivity contribution < 1.29 is 29.6 Å². The van der Waals surface area contributed by atoms with Gasteiger partial charge >= 0.3 is 11.9 Å². The van der Waals surface area contributed by atoms with Crippen molar-refractivity contribution in [2.45, 2.75) is 25.9 Å². The van der Waals surface area contributed by atoms with Crippen molar-refractivity contribution in [3.63, 3.8) is 0 Å². The first-order valence-corrected chi connectivity index (χ1v) is 9.03. The average molecular weight is 389 g/mol. The lowest BCUT2D eigenvalue weighted by Gasteiger charge is -2.14. The van der Waals surface area contributed by atoms with Gasteiger partial charge in [0.05, 0.1) is 0 Å². The molecule has 0 saturated carbocycles. The van der Waals surface area contributed by atoms with E-state index >= 15 is 0 Å². The Bertz CT molecular complexity index is 708. The fraction of sp³-hybridized carbons (Fsp3) is 0.333. The van der Waals surface area contributed by atoms with Gasteiger partial charge in [0.1, 0.15) is 18.5 Å². The molecule has 1 unspecified atom stereocenters. The number of benzene rings is 2. The van der Waals surface area contributed by atoms with Crippen LogP contribution in [0.15, 0.2) is 54.6 Å². The number of aliphatic hydroxyl groups excluding tert-OH is 1. The molecular formula is C21H27NO6. The van der Waals surface area contributed by atoms with E-state index in [1.54, 1.807) is 0 Å². The molecule has 7 heteroatoms. The molecule has 0 fully saturated rings. The van der Waals surface area contributed by atoms with E-state index in [0.29, 0.717) is 13.2 Å². The van der Waals surface area contributed by atoms with Gasteiger partial charge in [0.15, 0.2) is 0 Å². The number of aliphatic hydroxyl groups is 1. The number of rotatable bonds is 9. The number of carbonyl (C=O) groups is 2. The maximum absolute atomic E-state index is 9.95. The Balaban J connectivity index is 0.000000568. The lowest BCUT2D eigenvalue weighted by molar-refractivity contribution is -0.159. The van der Waals surface area contributed by atoms with Gasteiger partial charge in [0.2, 0.25) is 0 Å². The van der Waals surface area contributed by atoms with Crippen molar-refractivity contribution in [1.29, 1.82) is 0 Å². The number of carboxylic acid groups (broad SMARTS) is 2. The first-order chi connectivity index (χ1) is 13.4. The first-order valence-electron chi connectivity index (χ1n) is 9.03. The van der Waals surface area contributed by atoms with Crippen molar-refractivity contribution in [3.05, 3.63) is 65.7 Å². The van der Waals surface area contributed by atoms with E-state index in [0.717, 1.165) is 25.1 Å². The van der Waals surface area contributed by atoms with Gasteiger partial charge in [-0.2, -0.15) is 0 Å². The van der Waals surface area contributed by atoms with Crippen LogP contribution in [0, 0.1) is 0 Å². The second-order valence-corrected chi connectivity index (χ2v) is 6.02. The zero-order chi connectivity index (χ0) is 20.8. The largest absolute Gasteiger partial charge is 0.491 e. The van der Waals surface area contributed by atoms with Crippen molar-refractivity contribution >= 4 is 11.9 Å². The van der Waals surface area contributed by atoms with E-state index in [9.17, 15) is 5.11 Å². The van der Waals surface area contributed by atoms with E-state index in [4.69, 9.17) is 24.5 Å². The standard InChI is InChI=1S/C19H25NO2.C2H2O4/c1-2-16-9-6-10-19(13-16)22-15-18(21)14-20-12-11-17-7-4-3-5-8-17;3-1(4)2(5)6/h3-10,13,18,20-21H,2,11-12,14-15H2,1H3;(H,3,4)(H,5,6). The zero-order valence-corrected chi connectivity index (χ0v) is 15.9. The molecule has 28 heavy (non-hydrogen) atoms. The van der Waals surface area contributed by atoms with E-state index in [-0.39, 0.29) is 0 Å². The van der Waals surface area contributed by atoms with Crippen molar-refractivity contribution in [2.24, 2.45) is 0 Å². The van der Waals surface area contributed by atoms with Crippen molar-refractivity contribution in [2.75, 3.05) is 19.7 Å². The van der Waals surface area contributed by atoms with Crippen LogP contribution in [-0.4, -0.2) is 53.1 Å². The van der Waals surface area contributed by atoms with E-state index in [1.165, 1.54) is 11.1 Å². The predicted octanol–water partition coefficient (Wildman–Crippen LogP) is 1.98. The van der Waals surface area contributed by atoms with Crippen LogP contribution < -0.4 is 10.1 Å². The summed E-state index contributed by atoms with van der Waals surface area (Å²) in [6, 6.07) is 18.3. The molecule has 0 aliphatic carbocycles. The topological polar surface area (TPSA) is 116 Å². The van der Waals surface area contributed by atoms with Crippen LogP contribution in [0.4, 0.5) is 0 Å². The third-order valence-electron chi connectivity index (χ3n) is 3.75. The molecule has 2 rings (SSSR count). The van der Waals surface area contributed by atoms with E-state index in [2.05, 4.69) is 30.4 Å². The highest BCUT2D eigenvalue weighted by molar-refractivity contribution is 6.27. The van der Waals surface area contributed by atoms with Gasteiger partial charge in [-0.1, -0.05) is 49.4 Å². The summed E-state index contributed by atoms with van der Waals surface area (Å²) in [5.41, 5.74) is 2.55. The van der Waals surface area contributed by atoms with Crippen LogP contribution in [0.5, 0.6) is 5.75 Å². The maximum atomic E-state index is 9.95. The molecule has 0 spiro atoms. The molecular weight excluding hydrogens is 362 g/mol. The van der Waals surface area contributed by atoms with E-state index in [1.807, 2.05) is 36.4 Å². The molecule has 0 aliphatic rings. The molecule has 1 atom stereocenters. The monoisotopic (exact) mass is 389 g/mol. The number of hydrogen-bond donors (Lipinski definition) is 4. The molecule has 152 valence electrons. The highest BCUT2D eigenvalue weighted by Crippen LogP contribution is 2.13. The number of carboxylic acids is 2. The Labute approximate surface area is 164 Å².